The first-order chi connectivity index (χ1) is 2.00. The number of halogens is 1. The molecular weight excluding hydrogens is 164 g/mol. The van der Waals surface area contributed by atoms with Gasteiger partial charge in [-0.1, -0.05) is 0 Å². The van der Waals surface area contributed by atoms with Gasteiger partial charge in [0.05, 0.1) is 8.41 Å². The molecule has 0 atom stereocenters. The van der Waals surface area contributed by atoms with Crippen LogP contribution in [0.15, 0.2) is 0 Å². The van der Waals surface area contributed by atoms with Crippen LogP contribution in [0.2, 0.25) is 0 Å². The summed E-state index contributed by atoms with van der Waals surface area (Å²) in [6.07, 6.45) is 0. The summed E-state index contributed by atoms with van der Waals surface area (Å²) in [7, 11) is -4.64. The van der Waals surface area contributed by atoms with Crippen molar-refractivity contribution in [3.8, 4) is 0 Å². The molecule has 0 unspecified atom stereocenters. The molecule has 0 aromatic carbocycles. The van der Waals surface area contributed by atoms with Crippen LogP contribution in [0.25, 0.3) is 0 Å². The van der Waals surface area contributed by atoms with Crippen molar-refractivity contribution in [1.82, 2.24) is 0 Å². The van der Waals surface area contributed by atoms with Gasteiger partial charge in [0.15, 0.2) is 0 Å². The second-order valence-corrected chi connectivity index (χ2v) is 1.54. The molecule has 0 saturated carbocycles. The molecule has 0 aliphatic heterocycles. The summed E-state index contributed by atoms with van der Waals surface area (Å²) in [5, 5.41) is 0. The fourth-order valence-corrected chi connectivity index (χ4v) is 0. The molecule has 0 fully saturated rings. The van der Waals surface area contributed by atoms with Gasteiger partial charge in [-0.05, 0) is 0 Å². The van der Waals surface area contributed by atoms with Gasteiger partial charge in [-0.2, -0.15) is 0 Å². The summed E-state index contributed by atoms with van der Waals surface area (Å²) in [5.41, 5.74) is 0. The molecule has 0 aromatic heterocycles. The van der Waals surface area contributed by atoms with Crippen LogP contribution >= 0.6 is 7.82 Å². The molecule has 0 radical (unpaired) electrons. The molecule has 8 heteroatoms. The van der Waals surface area contributed by atoms with E-state index in [2.05, 4.69) is 0 Å². The molecule has 0 aliphatic carbocycles. The van der Waals surface area contributed by atoms with Crippen molar-refractivity contribution in [1.29, 1.82) is 0 Å². The molecule has 4 nitrogen and oxygen atoms in total. The van der Waals surface area contributed by atoms with E-state index in [1.54, 1.807) is 0 Å². The van der Waals surface area contributed by atoms with Crippen LogP contribution in [0.1, 0.15) is 0 Å². The number of rotatable bonds is 0. The number of hydrogen-bond donors (Lipinski definition) is 3. The predicted octanol–water partition coefficient (Wildman–Crippen LogP) is -2.61. The molecule has 0 aromatic rings. The molecule has 48 valence electrons. The minimum absolute atomic E-state index is 0. The van der Waals surface area contributed by atoms with E-state index >= 15 is 0 Å². The van der Waals surface area contributed by atoms with E-state index < -0.39 is 7.82 Å². The molecule has 0 bridgehead atoms. The van der Waals surface area contributed by atoms with Crippen molar-refractivity contribution in [2.24, 2.45) is 0 Å². The summed E-state index contributed by atoms with van der Waals surface area (Å²) in [5.74, 6) is 0. The molecule has 8 heavy (non-hydrogen) atoms. The van der Waals surface area contributed by atoms with Gasteiger partial charge >= 0.3 is 59.2 Å². The molecule has 0 saturated heterocycles. The molecule has 0 aliphatic rings. The van der Waals surface area contributed by atoms with E-state index in [1.807, 2.05) is 0 Å². The van der Waals surface area contributed by atoms with Crippen molar-refractivity contribution in [2.75, 3.05) is 0 Å². The van der Waals surface area contributed by atoms with Crippen LogP contribution in [0.3, 0.4) is 0 Å². The van der Waals surface area contributed by atoms with Crippen LogP contribution in [0, 0.1) is 0 Å². The second-order valence-electron chi connectivity index (χ2n) is 0.513. The third-order valence-electron chi connectivity index (χ3n) is 0. The molecule has 0 heterocycles. The predicted molar refractivity (Wildman–Crippen MR) is 33.9 cm³/mol. The Labute approximate surface area is 90.3 Å². The third kappa shape index (κ3) is 116. The average Bonchev–Trinajstić information content (AvgIpc) is 0.722. The van der Waals surface area contributed by atoms with Crippen LogP contribution in [-0.2, 0) is 4.57 Å². The Bertz CT molecular complexity index is 62.2. The van der Waals surface area contributed by atoms with Crippen LogP contribution in [0.5, 0.6) is 0 Å². The SMILES string of the molecule is B.F.O=P(O)(O)O.[KH]. The monoisotopic (exact) mass is 172 g/mol. The van der Waals surface area contributed by atoms with E-state index in [-0.39, 0.29) is 64.5 Å². The van der Waals surface area contributed by atoms with Gasteiger partial charge in [-0.15, -0.1) is 0 Å². The number of hydrogen-bond acceptors (Lipinski definition) is 1. The summed E-state index contributed by atoms with van der Waals surface area (Å²) in [6.45, 7) is 0. The van der Waals surface area contributed by atoms with Crippen LogP contribution < -0.4 is 0 Å². The Hall–Kier alpha value is 1.74. The van der Waals surface area contributed by atoms with Gasteiger partial charge in [-0.25, -0.2) is 4.57 Å². The van der Waals surface area contributed by atoms with Gasteiger partial charge < -0.3 is 14.7 Å². The zero-order valence-electron chi connectivity index (χ0n) is 2.61. The topological polar surface area (TPSA) is 77.8 Å². The van der Waals surface area contributed by atoms with E-state index in [0.29, 0.717) is 0 Å². The second kappa shape index (κ2) is 8.74. The summed E-state index contributed by atoms with van der Waals surface area (Å²) >= 11 is 0. The van der Waals surface area contributed by atoms with Gasteiger partial charge in [-0.3, -0.25) is 4.70 Å². The van der Waals surface area contributed by atoms with Gasteiger partial charge in [0.25, 0.3) is 0 Å². The van der Waals surface area contributed by atoms with Crippen LogP contribution in [0.4, 0.5) is 4.70 Å². The fraction of sp³-hybridized carbons (Fsp3) is 0. The molecule has 0 rings (SSSR count). The maximum atomic E-state index is 8.88. The van der Waals surface area contributed by atoms with Crippen molar-refractivity contribution in [3.63, 3.8) is 0 Å². The number of phosphoric acid groups is 1. The fourth-order valence-electron chi connectivity index (χ4n) is 0. The molecule has 3 N–H and O–H groups in total. The van der Waals surface area contributed by atoms with Gasteiger partial charge in [0, 0.05) is 0 Å². The normalized spacial score (nSPS) is 7.38. The van der Waals surface area contributed by atoms with Crippen molar-refractivity contribution in [3.05, 3.63) is 0 Å². The third-order valence-corrected chi connectivity index (χ3v) is 0. The average molecular weight is 172 g/mol. The Morgan fingerprint density at radius 2 is 1.12 bits per heavy atom. The first-order valence-electron chi connectivity index (χ1n) is 0.783. The van der Waals surface area contributed by atoms with Gasteiger partial charge in [0.1, 0.15) is 0 Å². The van der Waals surface area contributed by atoms with E-state index in [9.17, 15) is 0 Å². The van der Waals surface area contributed by atoms with Crippen molar-refractivity contribution in [2.45, 2.75) is 0 Å². The van der Waals surface area contributed by atoms with Crippen LogP contribution in [-0.4, -0.2) is 74.5 Å². The Morgan fingerprint density at radius 3 is 1.12 bits per heavy atom. The van der Waals surface area contributed by atoms with E-state index in [0.717, 1.165) is 0 Å². The van der Waals surface area contributed by atoms with E-state index in [4.69, 9.17) is 19.2 Å². The Kier molecular flexibility index (Phi) is 24.7. The molecular formula is H8BFKO4P. The summed E-state index contributed by atoms with van der Waals surface area (Å²) in [6, 6.07) is 0. The Morgan fingerprint density at radius 1 is 1.12 bits per heavy atom. The van der Waals surface area contributed by atoms with Gasteiger partial charge in [0.2, 0.25) is 0 Å². The standard InChI is InChI=1S/BH3.FH.K.H3O4P.H/c;;;1-5(2,3)4;/h1H3;1H;;(H3,1,2,3,4);. The summed E-state index contributed by atoms with van der Waals surface area (Å²) in [4.78, 5) is 21.6. The van der Waals surface area contributed by atoms with Crippen molar-refractivity contribution >= 4 is 67.6 Å². The summed E-state index contributed by atoms with van der Waals surface area (Å²) < 4.78 is 8.88. The van der Waals surface area contributed by atoms with Crippen molar-refractivity contribution < 1.29 is 23.9 Å². The maximum absolute atomic E-state index is 8.88. The minimum atomic E-state index is -4.64. The zero-order valence-corrected chi connectivity index (χ0v) is 3.50. The zero-order chi connectivity index (χ0) is 4.50. The quantitative estimate of drug-likeness (QED) is 0.276. The first kappa shape index (κ1) is 22.6. The van der Waals surface area contributed by atoms with E-state index in [1.165, 1.54) is 0 Å². The molecule has 0 spiro atoms. The Balaban J connectivity index is -0.0000000267. The molecule has 0 amide bonds. The first-order valence-corrected chi connectivity index (χ1v) is 2.35.